The Morgan fingerprint density at radius 3 is 2.52 bits per heavy atom. The summed E-state index contributed by atoms with van der Waals surface area (Å²) in [5.41, 5.74) is 8.87. The van der Waals surface area contributed by atoms with Crippen LogP contribution in [0.15, 0.2) is 42.7 Å². The lowest BCUT2D eigenvalue weighted by atomic mass is 9.93. The lowest BCUT2D eigenvalue weighted by Gasteiger charge is -2.35. The number of hydrogen-bond donors (Lipinski definition) is 0. The highest BCUT2D eigenvalue weighted by Gasteiger charge is 2.27. The van der Waals surface area contributed by atoms with E-state index in [1.54, 1.807) is 0 Å². The Bertz CT molecular complexity index is 898. The Morgan fingerprint density at radius 2 is 1.83 bits per heavy atom. The molecule has 0 bridgehead atoms. The molecular formula is C20H19N3. The molecule has 0 radical (unpaired) electrons. The van der Waals surface area contributed by atoms with E-state index < -0.39 is 0 Å². The molecule has 1 aliphatic rings. The Kier molecular flexibility index (Phi) is 3.54. The summed E-state index contributed by atoms with van der Waals surface area (Å²) in [6.07, 6.45) is 3.95. The van der Waals surface area contributed by atoms with Crippen LogP contribution in [-0.2, 0) is 0 Å². The van der Waals surface area contributed by atoms with Crippen LogP contribution < -0.4 is 4.90 Å². The van der Waals surface area contributed by atoms with Gasteiger partial charge >= 0.3 is 0 Å². The number of aromatic nitrogens is 1. The van der Waals surface area contributed by atoms with Gasteiger partial charge in [-0.2, -0.15) is 5.26 Å². The molecule has 0 aliphatic carbocycles. The van der Waals surface area contributed by atoms with Crippen molar-refractivity contribution < 1.29 is 0 Å². The monoisotopic (exact) mass is 301 g/mol. The van der Waals surface area contributed by atoms with Gasteiger partial charge in [0, 0.05) is 23.2 Å². The smallest absolute Gasteiger partial charge is 0.101 e. The predicted octanol–water partition coefficient (Wildman–Crippen LogP) is 4.95. The summed E-state index contributed by atoms with van der Waals surface area (Å²) in [7, 11) is 0. The average Bonchev–Trinajstić information content (AvgIpc) is 2.51. The van der Waals surface area contributed by atoms with E-state index in [0.717, 1.165) is 45.0 Å². The predicted molar refractivity (Wildman–Crippen MR) is 94.5 cm³/mol. The second kappa shape index (κ2) is 5.40. The van der Waals surface area contributed by atoms with E-state index in [9.17, 15) is 5.26 Å². The highest BCUT2D eigenvalue weighted by atomic mass is 15.2. The van der Waals surface area contributed by atoms with E-state index >= 15 is 0 Å². The number of hydrogen-bond acceptors (Lipinski definition) is 3. The van der Waals surface area contributed by atoms with Crippen LogP contribution in [0.3, 0.4) is 0 Å². The van der Waals surface area contributed by atoms with Gasteiger partial charge in [-0.25, -0.2) is 0 Å². The van der Waals surface area contributed by atoms with Crippen molar-refractivity contribution in [1.82, 2.24) is 4.98 Å². The molecule has 3 rings (SSSR count). The maximum atomic E-state index is 9.56. The Morgan fingerprint density at radius 1 is 1.09 bits per heavy atom. The molecule has 0 spiro atoms. The third-order valence-corrected chi connectivity index (χ3v) is 4.29. The van der Waals surface area contributed by atoms with Crippen LogP contribution in [0.5, 0.6) is 0 Å². The van der Waals surface area contributed by atoms with Crippen molar-refractivity contribution in [3.8, 4) is 6.07 Å². The summed E-state index contributed by atoms with van der Waals surface area (Å²) < 4.78 is 0. The molecule has 1 aromatic heterocycles. The first kappa shape index (κ1) is 15.1. The van der Waals surface area contributed by atoms with E-state index in [4.69, 9.17) is 0 Å². The molecule has 0 unspecified atom stereocenters. The Hall–Kier alpha value is -2.86. The molecule has 1 aromatic carbocycles. The maximum absolute atomic E-state index is 9.56. The van der Waals surface area contributed by atoms with Gasteiger partial charge in [-0.15, -0.1) is 0 Å². The van der Waals surface area contributed by atoms with Crippen molar-refractivity contribution in [2.75, 3.05) is 4.90 Å². The van der Waals surface area contributed by atoms with Crippen LogP contribution in [-0.4, -0.2) is 4.98 Å². The highest BCUT2D eigenvalue weighted by Crippen LogP contribution is 2.44. The summed E-state index contributed by atoms with van der Waals surface area (Å²) in [5.74, 6) is 0. The number of fused-ring (bicyclic) bond motifs is 1. The fraction of sp³-hybridized carbons (Fsp3) is 0.200. The topological polar surface area (TPSA) is 39.9 Å². The van der Waals surface area contributed by atoms with E-state index in [1.807, 2.05) is 38.2 Å². The van der Waals surface area contributed by atoms with Gasteiger partial charge < -0.3 is 4.90 Å². The summed E-state index contributed by atoms with van der Waals surface area (Å²) in [5, 5.41) is 9.56. The van der Waals surface area contributed by atoms with Crippen molar-refractivity contribution in [3.63, 3.8) is 0 Å². The fourth-order valence-corrected chi connectivity index (χ4v) is 3.26. The lowest BCUT2D eigenvalue weighted by molar-refractivity contribution is 1.06. The van der Waals surface area contributed by atoms with E-state index in [-0.39, 0.29) is 0 Å². The first-order valence-corrected chi connectivity index (χ1v) is 7.59. The Balaban J connectivity index is 2.39. The van der Waals surface area contributed by atoms with Gasteiger partial charge in [-0.05, 0) is 56.5 Å². The second-order valence-corrected chi connectivity index (χ2v) is 5.98. The van der Waals surface area contributed by atoms with Crippen LogP contribution in [0.4, 0.5) is 11.4 Å². The van der Waals surface area contributed by atoms with Crippen molar-refractivity contribution in [2.24, 2.45) is 0 Å². The van der Waals surface area contributed by atoms with E-state index in [2.05, 4.69) is 42.5 Å². The quantitative estimate of drug-likeness (QED) is 0.748. The molecule has 0 atom stereocenters. The van der Waals surface area contributed by atoms with Gasteiger partial charge in [0.25, 0.3) is 0 Å². The van der Waals surface area contributed by atoms with Crippen LogP contribution in [0, 0.1) is 32.1 Å². The lowest BCUT2D eigenvalue weighted by Crippen LogP contribution is -2.23. The molecule has 3 nitrogen and oxygen atoms in total. The standard InChI is InChI=1S/C20H19N3/c1-12-7-6-8-17(10-21)19(12)23-15(4)9-13(2)18-16(5)22-11-14(3)20(18)23/h6-9,11H,2H2,1,3-5H3. The van der Waals surface area contributed by atoms with Crippen LogP contribution >= 0.6 is 0 Å². The first-order valence-electron chi connectivity index (χ1n) is 7.59. The van der Waals surface area contributed by atoms with Crippen molar-refractivity contribution in [1.29, 1.82) is 5.26 Å². The third kappa shape index (κ3) is 2.24. The van der Waals surface area contributed by atoms with Crippen LogP contribution in [0.1, 0.15) is 34.9 Å². The number of nitriles is 1. The molecule has 23 heavy (non-hydrogen) atoms. The number of para-hydroxylation sites is 1. The Labute approximate surface area is 137 Å². The number of allylic oxidation sites excluding steroid dienone is 3. The van der Waals surface area contributed by atoms with E-state index in [0.29, 0.717) is 5.56 Å². The molecule has 1 aliphatic heterocycles. The molecule has 0 saturated heterocycles. The molecule has 0 fully saturated rings. The van der Waals surface area contributed by atoms with Gasteiger partial charge in [0.2, 0.25) is 0 Å². The fourth-order valence-electron chi connectivity index (χ4n) is 3.26. The first-order chi connectivity index (χ1) is 11.0. The molecule has 0 N–H and O–H groups in total. The molecule has 0 saturated carbocycles. The molecule has 0 amide bonds. The van der Waals surface area contributed by atoms with Gasteiger partial charge in [-0.1, -0.05) is 18.7 Å². The van der Waals surface area contributed by atoms with Gasteiger partial charge in [0.1, 0.15) is 6.07 Å². The SMILES string of the molecule is C=C1C=C(C)N(c2c(C)cccc2C#N)c2c(C)cnc(C)c21. The minimum Gasteiger partial charge on any atom is -0.312 e. The highest BCUT2D eigenvalue weighted by molar-refractivity contribution is 5.93. The van der Waals surface area contributed by atoms with Crippen LogP contribution in [0.25, 0.3) is 5.57 Å². The molecule has 2 heterocycles. The zero-order valence-corrected chi connectivity index (χ0v) is 13.9. The molecular weight excluding hydrogens is 282 g/mol. The second-order valence-electron chi connectivity index (χ2n) is 5.98. The van der Waals surface area contributed by atoms with Gasteiger partial charge in [0.15, 0.2) is 0 Å². The molecule has 3 heteroatoms. The van der Waals surface area contributed by atoms with Gasteiger partial charge in [0.05, 0.1) is 16.9 Å². The van der Waals surface area contributed by atoms with Crippen molar-refractivity contribution >= 4 is 16.9 Å². The van der Waals surface area contributed by atoms with Crippen molar-refractivity contribution in [3.05, 3.63) is 70.7 Å². The summed E-state index contributed by atoms with van der Waals surface area (Å²) in [6, 6.07) is 8.15. The maximum Gasteiger partial charge on any atom is 0.101 e. The summed E-state index contributed by atoms with van der Waals surface area (Å²) >= 11 is 0. The normalized spacial score (nSPS) is 13.4. The summed E-state index contributed by atoms with van der Waals surface area (Å²) in [6.45, 7) is 12.3. The largest absolute Gasteiger partial charge is 0.312 e. The van der Waals surface area contributed by atoms with Gasteiger partial charge in [-0.3, -0.25) is 4.98 Å². The number of anilines is 2. The third-order valence-electron chi connectivity index (χ3n) is 4.29. The number of nitrogens with zero attached hydrogens (tertiary/aromatic N) is 3. The van der Waals surface area contributed by atoms with Crippen LogP contribution in [0.2, 0.25) is 0 Å². The average molecular weight is 301 g/mol. The zero-order chi connectivity index (χ0) is 16.7. The summed E-state index contributed by atoms with van der Waals surface area (Å²) in [4.78, 5) is 6.65. The molecule has 2 aromatic rings. The molecule has 114 valence electrons. The van der Waals surface area contributed by atoms with E-state index in [1.165, 1.54) is 0 Å². The minimum absolute atomic E-state index is 0.671. The number of rotatable bonds is 1. The number of pyridine rings is 1. The minimum atomic E-state index is 0.671. The zero-order valence-electron chi connectivity index (χ0n) is 13.9. The number of aryl methyl sites for hydroxylation is 3. The number of benzene rings is 1. The van der Waals surface area contributed by atoms with Crippen molar-refractivity contribution in [2.45, 2.75) is 27.7 Å².